The molecule has 1 aromatic heterocycles. The number of nitrogens with one attached hydrogen (secondary N) is 1. The van der Waals surface area contributed by atoms with Gasteiger partial charge in [0.1, 0.15) is 6.33 Å². The Hall–Kier alpha value is -2.52. The van der Waals surface area contributed by atoms with Crippen molar-refractivity contribution in [2.75, 3.05) is 0 Å². The molecule has 0 radical (unpaired) electrons. The molecule has 0 aliphatic heterocycles. The normalized spacial score (nSPS) is 10.5. The van der Waals surface area contributed by atoms with Crippen LogP contribution < -0.4 is 5.32 Å². The lowest BCUT2D eigenvalue weighted by molar-refractivity contribution is 0.678. The molecule has 3 nitrogen and oxygen atoms in total. The Labute approximate surface area is 124 Å². The molecule has 1 heterocycles. The summed E-state index contributed by atoms with van der Waals surface area (Å²) < 4.78 is 0. The minimum Gasteiger partial charge on any atom is -0.307 e. The third-order valence-corrected chi connectivity index (χ3v) is 3.27. The summed E-state index contributed by atoms with van der Waals surface area (Å²) in [4.78, 5) is 8.66. The summed E-state index contributed by atoms with van der Waals surface area (Å²) in [6.07, 6.45) is 1.63. The SMILES string of the molecule is c1ccc(CNCc2cc(-c3ccccc3)ncn2)cc1. The molecule has 0 aliphatic rings. The van der Waals surface area contributed by atoms with Crippen LogP contribution in [0.3, 0.4) is 0 Å². The number of nitrogens with zero attached hydrogens (tertiary/aromatic N) is 2. The monoisotopic (exact) mass is 275 g/mol. The molecule has 0 saturated carbocycles. The van der Waals surface area contributed by atoms with Gasteiger partial charge >= 0.3 is 0 Å². The van der Waals surface area contributed by atoms with Gasteiger partial charge in [-0.1, -0.05) is 60.7 Å². The first kappa shape index (κ1) is 13.5. The standard InChI is InChI=1S/C18H17N3/c1-3-7-15(8-4-1)12-19-13-17-11-18(21-14-20-17)16-9-5-2-6-10-16/h1-11,14,19H,12-13H2. The molecule has 0 unspecified atom stereocenters. The maximum absolute atomic E-state index is 4.34. The molecule has 3 rings (SSSR count). The lowest BCUT2D eigenvalue weighted by atomic mass is 10.1. The molecule has 0 amide bonds. The maximum atomic E-state index is 4.34. The molecule has 0 fully saturated rings. The quantitative estimate of drug-likeness (QED) is 0.775. The summed E-state index contributed by atoms with van der Waals surface area (Å²) in [6.45, 7) is 1.57. The van der Waals surface area contributed by atoms with Gasteiger partial charge in [0, 0.05) is 18.7 Å². The van der Waals surface area contributed by atoms with E-state index in [1.807, 2.05) is 30.3 Å². The van der Waals surface area contributed by atoms with E-state index >= 15 is 0 Å². The Morgan fingerprint density at radius 1 is 0.762 bits per heavy atom. The average molecular weight is 275 g/mol. The summed E-state index contributed by atoms with van der Waals surface area (Å²) in [6, 6.07) is 22.6. The van der Waals surface area contributed by atoms with Crippen LogP contribution in [0, 0.1) is 0 Å². The average Bonchev–Trinajstić information content (AvgIpc) is 2.57. The smallest absolute Gasteiger partial charge is 0.116 e. The van der Waals surface area contributed by atoms with Crippen LogP contribution in [0.15, 0.2) is 73.1 Å². The van der Waals surface area contributed by atoms with Crippen molar-refractivity contribution in [3.8, 4) is 11.3 Å². The zero-order valence-corrected chi connectivity index (χ0v) is 11.7. The summed E-state index contributed by atoms with van der Waals surface area (Å²) in [5.74, 6) is 0. The van der Waals surface area contributed by atoms with Gasteiger partial charge < -0.3 is 5.32 Å². The Morgan fingerprint density at radius 3 is 2.24 bits per heavy atom. The van der Waals surface area contributed by atoms with Crippen molar-refractivity contribution in [1.29, 1.82) is 0 Å². The number of benzene rings is 2. The van der Waals surface area contributed by atoms with Crippen molar-refractivity contribution in [1.82, 2.24) is 15.3 Å². The van der Waals surface area contributed by atoms with E-state index in [-0.39, 0.29) is 0 Å². The van der Waals surface area contributed by atoms with E-state index in [0.29, 0.717) is 0 Å². The topological polar surface area (TPSA) is 37.8 Å². The molecule has 3 heteroatoms. The number of aromatic nitrogens is 2. The van der Waals surface area contributed by atoms with Crippen LogP contribution in [-0.4, -0.2) is 9.97 Å². The first-order chi connectivity index (χ1) is 10.4. The van der Waals surface area contributed by atoms with Crippen molar-refractivity contribution in [2.24, 2.45) is 0 Å². The van der Waals surface area contributed by atoms with Crippen LogP contribution >= 0.6 is 0 Å². The third-order valence-electron chi connectivity index (χ3n) is 3.27. The second-order valence-electron chi connectivity index (χ2n) is 4.85. The molecule has 1 N–H and O–H groups in total. The van der Waals surface area contributed by atoms with E-state index in [2.05, 4.69) is 51.7 Å². The van der Waals surface area contributed by atoms with Crippen molar-refractivity contribution < 1.29 is 0 Å². The summed E-state index contributed by atoms with van der Waals surface area (Å²) >= 11 is 0. The van der Waals surface area contributed by atoms with Crippen LogP contribution in [-0.2, 0) is 13.1 Å². The molecule has 3 aromatic rings. The van der Waals surface area contributed by atoms with E-state index in [1.165, 1.54) is 5.56 Å². The Kier molecular flexibility index (Phi) is 4.34. The second-order valence-corrected chi connectivity index (χ2v) is 4.85. The van der Waals surface area contributed by atoms with Crippen LogP contribution in [0.1, 0.15) is 11.3 Å². The van der Waals surface area contributed by atoms with Crippen molar-refractivity contribution >= 4 is 0 Å². The Morgan fingerprint density at radius 2 is 1.48 bits per heavy atom. The van der Waals surface area contributed by atoms with Gasteiger partial charge in [-0.05, 0) is 11.6 Å². The number of hydrogen-bond acceptors (Lipinski definition) is 3. The van der Waals surface area contributed by atoms with E-state index in [1.54, 1.807) is 6.33 Å². The maximum Gasteiger partial charge on any atom is 0.116 e. The molecule has 0 spiro atoms. The predicted molar refractivity (Wildman–Crippen MR) is 84.5 cm³/mol. The van der Waals surface area contributed by atoms with Gasteiger partial charge in [-0.25, -0.2) is 9.97 Å². The van der Waals surface area contributed by atoms with Gasteiger partial charge in [-0.15, -0.1) is 0 Å². The summed E-state index contributed by atoms with van der Waals surface area (Å²) in [5, 5.41) is 3.41. The first-order valence-electron chi connectivity index (χ1n) is 7.03. The molecular weight excluding hydrogens is 258 g/mol. The lowest BCUT2D eigenvalue weighted by Gasteiger charge is -2.06. The van der Waals surface area contributed by atoms with Gasteiger partial charge in [0.2, 0.25) is 0 Å². The number of rotatable bonds is 5. The van der Waals surface area contributed by atoms with Crippen LogP contribution in [0.5, 0.6) is 0 Å². The predicted octanol–water partition coefficient (Wildman–Crippen LogP) is 3.43. The molecule has 0 aliphatic carbocycles. The largest absolute Gasteiger partial charge is 0.307 e. The van der Waals surface area contributed by atoms with Gasteiger partial charge in [0.25, 0.3) is 0 Å². The molecular formula is C18H17N3. The van der Waals surface area contributed by atoms with Gasteiger partial charge in [0.05, 0.1) is 11.4 Å². The van der Waals surface area contributed by atoms with Gasteiger partial charge in [-0.2, -0.15) is 0 Å². The Bertz CT molecular complexity index is 681. The van der Waals surface area contributed by atoms with Crippen molar-refractivity contribution in [3.05, 3.63) is 84.3 Å². The summed E-state index contributed by atoms with van der Waals surface area (Å²) in [7, 11) is 0. The fourth-order valence-corrected chi connectivity index (χ4v) is 2.19. The fourth-order valence-electron chi connectivity index (χ4n) is 2.19. The van der Waals surface area contributed by atoms with Crippen LogP contribution in [0.25, 0.3) is 11.3 Å². The van der Waals surface area contributed by atoms with Crippen LogP contribution in [0.4, 0.5) is 0 Å². The van der Waals surface area contributed by atoms with E-state index < -0.39 is 0 Å². The third kappa shape index (κ3) is 3.74. The molecule has 0 saturated heterocycles. The number of hydrogen-bond donors (Lipinski definition) is 1. The molecule has 104 valence electrons. The van der Waals surface area contributed by atoms with E-state index in [4.69, 9.17) is 0 Å². The van der Waals surface area contributed by atoms with Gasteiger partial charge in [-0.3, -0.25) is 0 Å². The Balaban J connectivity index is 1.64. The summed E-state index contributed by atoms with van der Waals surface area (Å²) in [5.41, 5.74) is 4.35. The van der Waals surface area contributed by atoms with Crippen molar-refractivity contribution in [2.45, 2.75) is 13.1 Å². The molecule has 0 atom stereocenters. The molecule has 21 heavy (non-hydrogen) atoms. The highest BCUT2D eigenvalue weighted by atomic mass is 14.9. The van der Waals surface area contributed by atoms with E-state index in [9.17, 15) is 0 Å². The first-order valence-corrected chi connectivity index (χ1v) is 7.03. The van der Waals surface area contributed by atoms with Crippen molar-refractivity contribution in [3.63, 3.8) is 0 Å². The van der Waals surface area contributed by atoms with Gasteiger partial charge in [0.15, 0.2) is 0 Å². The fraction of sp³-hybridized carbons (Fsp3) is 0.111. The zero-order valence-electron chi connectivity index (χ0n) is 11.7. The molecule has 0 bridgehead atoms. The minimum atomic E-state index is 0.733. The molecule has 2 aromatic carbocycles. The minimum absolute atomic E-state index is 0.733. The highest BCUT2D eigenvalue weighted by molar-refractivity contribution is 5.58. The highest BCUT2D eigenvalue weighted by Gasteiger charge is 2.01. The van der Waals surface area contributed by atoms with Crippen LogP contribution in [0.2, 0.25) is 0 Å². The zero-order chi connectivity index (χ0) is 14.3. The lowest BCUT2D eigenvalue weighted by Crippen LogP contribution is -2.13. The highest BCUT2D eigenvalue weighted by Crippen LogP contribution is 2.16. The van der Waals surface area contributed by atoms with E-state index in [0.717, 1.165) is 30.0 Å². The second kappa shape index (κ2) is 6.77.